The second-order valence-corrected chi connectivity index (χ2v) is 12.8. The van der Waals surface area contributed by atoms with Gasteiger partial charge in [-0.15, -0.1) is 22.7 Å². The first-order valence-corrected chi connectivity index (χ1v) is 14.4. The monoisotopic (exact) mass is 557 g/mol. The Morgan fingerprint density at radius 1 is 1.03 bits per heavy atom. The number of alkyl halides is 3. The van der Waals surface area contributed by atoms with Gasteiger partial charge >= 0.3 is 18.2 Å². The van der Waals surface area contributed by atoms with Crippen LogP contribution in [-0.4, -0.2) is 35.6 Å². The predicted molar refractivity (Wildman–Crippen MR) is 141 cm³/mol. The first-order valence-electron chi connectivity index (χ1n) is 12.7. The minimum absolute atomic E-state index is 0.150. The molecule has 0 saturated carbocycles. The maximum Gasteiger partial charge on any atom is 0.425 e. The molecule has 1 aliphatic heterocycles. The number of carbonyl (C=O) groups is 2. The standard InChI is InChI=1S/C26H34F3N3O3S2/c1-5-11-32-12-10-15-17(21(26(27,28)29)36-19(15)14-32)13-30-24(34)31-22-20(23(33)35-25(2,3)4)16-8-6-7-9-18(16)37-22/h5-14H2,1-4H3,(H2,30,31,34). The van der Waals surface area contributed by atoms with E-state index < -0.39 is 28.7 Å². The zero-order valence-corrected chi connectivity index (χ0v) is 23.3. The normalized spacial score (nSPS) is 16.2. The zero-order chi connectivity index (χ0) is 27.0. The SMILES string of the molecule is CCCN1CCc2c(sc(C(F)(F)F)c2CNC(=O)Nc2sc3c(c2C(=O)OC(C)(C)C)CCCC3)C1. The van der Waals surface area contributed by atoms with E-state index in [-0.39, 0.29) is 12.1 Å². The molecule has 3 heterocycles. The quantitative estimate of drug-likeness (QED) is 0.386. The van der Waals surface area contributed by atoms with Crippen LogP contribution in [0.25, 0.3) is 0 Å². The van der Waals surface area contributed by atoms with Crippen molar-refractivity contribution in [3.63, 3.8) is 0 Å². The molecule has 0 fully saturated rings. The lowest BCUT2D eigenvalue weighted by atomic mass is 9.95. The fourth-order valence-corrected chi connectivity index (χ4v) is 7.51. The number of ether oxygens (including phenoxy) is 1. The Balaban J connectivity index is 1.53. The average Bonchev–Trinajstić information content (AvgIpc) is 3.34. The number of esters is 1. The van der Waals surface area contributed by atoms with Crippen LogP contribution < -0.4 is 10.6 Å². The molecule has 2 amide bonds. The molecule has 204 valence electrons. The van der Waals surface area contributed by atoms with Gasteiger partial charge in [0.1, 0.15) is 15.5 Å². The van der Waals surface area contributed by atoms with E-state index in [1.807, 2.05) is 0 Å². The number of nitrogens with zero attached hydrogens (tertiary/aromatic N) is 1. The van der Waals surface area contributed by atoms with Gasteiger partial charge in [0.25, 0.3) is 0 Å². The van der Waals surface area contributed by atoms with E-state index >= 15 is 0 Å². The first-order chi connectivity index (χ1) is 17.4. The number of hydrogen-bond acceptors (Lipinski definition) is 6. The fourth-order valence-electron chi connectivity index (χ4n) is 4.96. The van der Waals surface area contributed by atoms with Crippen molar-refractivity contribution in [1.82, 2.24) is 10.2 Å². The molecule has 0 atom stereocenters. The average molecular weight is 558 g/mol. The van der Waals surface area contributed by atoms with Gasteiger partial charge in [0.15, 0.2) is 0 Å². The van der Waals surface area contributed by atoms with Crippen LogP contribution in [0.15, 0.2) is 0 Å². The number of carbonyl (C=O) groups excluding carboxylic acids is 2. The first kappa shape index (κ1) is 27.9. The lowest BCUT2D eigenvalue weighted by molar-refractivity contribution is -0.135. The smallest absolute Gasteiger partial charge is 0.425 e. The summed E-state index contributed by atoms with van der Waals surface area (Å²) in [5.41, 5.74) is 1.43. The molecule has 1 aliphatic carbocycles. The number of urea groups is 1. The predicted octanol–water partition coefficient (Wildman–Crippen LogP) is 6.75. The molecule has 2 N–H and O–H groups in total. The van der Waals surface area contributed by atoms with Gasteiger partial charge in [-0.3, -0.25) is 10.2 Å². The maximum atomic E-state index is 13.9. The van der Waals surface area contributed by atoms with E-state index in [1.54, 1.807) is 20.8 Å². The van der Waals surface area contributed by atoms with E-state index in [2.05, 4.69) is 22.5 Å². The highest BCUT2D eigenvalue weighted by atomic mass is 32.1. The Morgan fingerprint density at radius 2 is 1.76 bits per heavy atom. The molecule has 4 rings (SSSR count). The van der Waals surface area contributed by atoms with Gasteiger partial charge in [0, 0.05) is 29.4 Å². The van der Waals surface area contributed by atoms with E-state index in [4.69, 9.17) is 4.74 Å². The molecular weight excluding hydrogens is 523 g/mol. The van der Waals surface area contributed by atoms with Gasteiger partial charge in [0.05, 0.1) is 5.56 Å². The molecule has 0 aromatic carbocycles. The Bertz CT molecular complexity index is 1160. The lowest BCUT2D eigenvalue weighted by Crippen LogP contribution is -2.32. The summed E-state index contributed by atoms with van der Waals surface area (Å²) in [6, 6.07) is -0.639. The number of halogens is 3. The van der Waals surface area contributed by atoms with Crippen LogP contribution in [0.2, 0.25) is 0 Å². The van der Waals surface area contributed by atoms with Crippen molar-refractivity contribution in [2.45, 2.75) is 91.1 Å². The van der Waals surface area contributed by atoms with Gasteiger partial charge in [-0.05, 0) is 82.5 Å². The van der Waals surface area contributed by atoms with Crippen LogP contribution in [0.1, 0.15) is 88.6 Å². The van der Waals surface area contributed by atoms with E-state index in [0.29, 0.717) is 35.6 Å². The summed E-state index contributed by atoms with van der Waals surface area (Å²) in [6.07, 6.45) is 0.497. The molecule has 2 aromatic rings. The Kier molecular flexibility index (Phi) is 8.25. The van der Waals surface area contributed by atoms with Crippen molar-refractivity contribution in [2.24, 2.45) is 0 Å². The van der Waals surface area contributed by atoms with E-state index in [9.17, 15) is 22.8 Å². The molecule has 11 heteroatoms. The summed E-state index contributed by atoms with van der Waals surface area (Å²) >= 11 is 2.13. The highest BCUT2D eigenvalue weighted by Gasteiger charge is 2.39. The topological polar surface area (TPSA) is 70.7 Å². The molecule has 0 radical (unpaired) electrons. The summed E-state index contributed by atoms with van der Waals surface area (Å²) < 4.78 is 47.2. The van der Waals surface area contributed by atoms with Crippen LogP contribution >= 0.6 is 22.7 Å². The number of hydrogen-bond donors (Lipinski definition) is 2. The third-order valence-corrected chi connectivity index (χ3v) is 8.98. The van der Waals surface area contributed by atoms with Gasteiger partial charge in [-0.25, -0.2) is 9.59 Å². The van der Waals surface area contributed by atoms with Crippen LogP contribution in [-0.2, 0) is 43.3 Å². The Labute approximate surface area is 223 Å². The van der Waals surface area contributed by atoms with Crippen molar-refractivity contribution in [3.8, 4) is 0 Å². The van der Waals surface area contributed by atoms with Crippen LogP contribution in [0.4, 0.5) is 23.0 Å². The molecule has 0 saturated heterocycles. The summed E-state index contributed by atoms with van der Waals surface area (Å²) in [4.78, 5) is 29.2. The van der Waals surface area contributed by atoms with Crippen molar-refractivity contribution < 1.29 is 27.5 Å². The molecule has 6 nitrogen and oxygen atoms in total. The highest BCUT2D eigenvalue weighted by Crippen LogP contribution is 2.43. The lowest BCUT2D eigenvalue weighted by Gasteiger charge is -2.26. The van der Waals surface area contributed by atoms with Gasteiger partial charge in [0.2, 0.25) is 0 Å². The Morgan fingerprint density at radius 3 is 2.43 bits per heavy atom. The number of aryl methyl sites for hydroxylation is 1. The van der Waals surface area contributed by atoms with E-state index in [0.717, 1.165) is 65.3 Å². The second-order valence-electron chi connectivity index (χ2n) is 10.6. The van der Waals surface area contributed by atoms with Crippen LogP contribution in [0.5, 0.6) is 0 Å². The molecule has 2 aliphatic rings. The number of nitrogens with one attached hydrogen (secondary N) is 2. The van der Waals surface area contributed by atoms with Crippen molar-refractivity contribution >= 4 is 39.7 Å². The van der Waals surface area contributed by atoms with Gasteiger partial charge in [-0.1, -0.05) is 6.92 Å². The van der Waals surface area contributed by atoms with Crippen molar-refractivity contribution in [3.05, 3.63) is 36.9 Å². The highest BCUT2D eigenvalue weighted by molar-refractivity contribution is 7.17. The molecule has 37 heavy (non-hydrogen) atoms. The summed E-state index contributed by atoms with van der Waals surface area (Å²) in [5.74, 6) is -0.495. The minimum atomic E-state index is -4.48. The summed E-state index contributed by atoms with van der Waals surface area (Å²) in [7, 11) is 0. The second kappa shape index (κ2) is 10.9. The number of thiophene rings is 2. The molecular formula is C26H34F3N3O3S2. The number of rotatable bonds is 6. The van der Waals surface area contributed by atoms with Crippen LogP contribution in [0.3, 0.4) is 0 Å². The zero-order valence-electron chi connectivity index (χ0n) is 21.7. The number of amides is 2. The van der Waals surface area contributed by atoms with E-state index in [1.165, 1.54) is 11.3 Å². The van der Waals surface area contributed by atoms with Crippen molar-refractivity contribution in [2.75, 3.05) is 18.4 Å². The minimum Gasteiger partial charge on any atom is -0.456 e. The molecule has 0 bridgehead atoms. The molecule has 0 spiro atoms. The Hall–Kier alpha value is -2.11. The number of anilines is 1. The molecule has 2 aromatic heterocycles. The van der Waals surface area contributed by atoms with Gasteiger partial charge in [-0.2, -0.15) is 13.2 Å². The van der Waals surface area contributed by atoms with Gasteiger partial charge < -0.3 is 10.1 Å². The van der Waals surface area contributed by atoms with Crippen molar-refractivity contribution in [1.29, 1.82) is 0 Å². The molecule has 0 unspecified atom stereocenters. The largest absolute Gasteiger partial charge is 0.456 e. The third kappa shape index (κ3) is 6.49. The third-order valence-electron chi connectivity index (χ3n) is 6.47. The summed E-state index contributed by atoms with van der Waals surface area (Å²) in [6.45, 7) is 9.22. The maximum absolute atomic E-state index is 13.9. The summed E-state index contributed by atoms with van der Waals surface area (Å²) in [5, 5.41) is 5.75. The number of fused-ring (bicyclic) bond motifs is 2. The van der Waals surface area contributed by atoms with Crippen LogP contribution in [0, 0.1) is 0 Å². The fraction of sp³-hybridized carbons (Fsp3) is 0.615.